The van der Waals surface area contributed by atoms with Crippen LogP contribution < -0.4 is 11.2 Å². The zero-order valence-corrected chi connectivity index (χ0v) is 7.96. The molecule has 0 aliphatic rings. The highest BCUT2D eigenvalue weighted by Gasteiger charge is 2.04. The number of amidine groups is 1. The minimum atomic E-state index is -0.731. The second kappa shape index (κ2) is 4.84. The van der Waals surface area contributed by atoms with Gasteiger partial charge in [0.2, 0.25) is 5.71 Å². The number of hydrogen-bond donors (Lipinski definition) is 3. The second-order valence-corrected chi connectivity index (χ2v) is 2.72. The molecule has 0 amide bonds. The number of rotatable bonds is 3. The van der Waals surface area contributed by atoms with Gasteiger partial charge in [-0.2, -0.15) is 10.4 Å². The zero-order chi connectivity index (χ0) is 12.1. The molecule has 1 rings (SSSR count). The predicted octanol–water partition coefficient (Wildman–Crippen LogP) is 1.19. The summed E-state index contributed by atoms with van der Waals surface area (Å²) < 4.78 is 25.8. The van der Waals surface area contributed by atoms with Crippen molar-refractivity contribution in [1.29, 1.82) is 10.7 Å². The molecule has 0 saturated carbocycles. The van der Waals surface area contributed by atoms with E-state index in [2.05, 4.69) is 10.5 Å². The highest BCUT2D eigenvalue weighted by molar-refractivity contribution is 6.45. The van der Waals surface area contributed by atoms with E-state index in [-0.39, 0.29) is 5.69 Å². The van der Waals surface area contributed by atoms with Crippen LogP contribution in [0.1, 0.15) is 0 Å². The molecule has 1 aromatic rings. The maximum absolute atomic E-state index is 13.1. The molecule has 0 atom stereocenters. The van der Waals surface area contributed by atoms with E-state index in [1.165, 1.54) is 6.07 Å². The van der Waals surface area contributed by atoms with Gasteiger partial charge < -0.3 is 5.73 Å². The molecule has 0 aliphatic carbocycles. The Labute approximate surface area is 89.7 Å². The first-order valence-electron chi connectivity index (χ1n) is 4.08. The van der Waals surface area contributed by atoms with Gasteiger partial charge in [-0.3, -0.25) is 10.8 Å². The molecule has 1 aromatic carbocycles. The number of halogens is 2. The van der Waals surface area contributed by atoms with Crippen molar-refractivity contribution in [2.45, 2.75) is 0 Å². The summed E-state index contributed by atoms with van der Waals surface area (Å²) >= 11 is 0. The van der Waals surface area contributed by atoms with Crippen LogP contribution in [0.2, 0.25) is 0 Å². The van der Waals surface area contributed by atoms with Crippen LogP contribution in [-0.2, 0) is 0 Å². The van der Waals surface area contributed by atoms with Gasteiger partial charge in [0.1, 0.15) is 17.7 Å². The van der Waals surface area contributed by atoms with Crippen molar-refractivity contribution in [3.05, 3.63) is 29.8 Å². The number of benzene rings is 1. The first-order valence-corrected chi connectivity index (χ1v) is 4.08. The predicted molar refractivity (Wildman–Crippen MR) is 54.9 cm³/mol. The SMILES string of the molecule is N#C/C(=N\Nc1cc(F)ccc1F)C(=N)N. The molecule has 0 fully saturated rings. The van der Waals surface area contributed by atoms with Gasteiger partial charge in [-0.1, -0.05) is 0 Å². The lowest BCUT2D eigenvalue weighted by Crippen LogP contribution is -2.22. The molecule has 4 N–H and O–H groups in total. The molecular formula is C9H7F2N5. The van der Waals surface area contributed by atoms with Crippen molar-refractivity contribution < 1.29 is 8.78 Å². The average Bonchev–Trinajstić information content (AvgIpc) is 2.23. The van der Waals surface area contributed by atoms with Crippen molar-refractivity contribution in [1.82, 2.24) is 0 Å². The zero-order valence-electron chi connectivity index (χ0n) is 7.96. The summed E-state index contributed by atoms with van der Waals surface area (Å²) in [5, 5.41) is 18.8. The van der Waals surface area contributed by atoms with Crippen molar-refractivity contribution in [2.75, 3.05) is 5.43 Å². The molecule has 7 heteroatoms. The van der Waals surface area contributed by atoms with Crippen LogP contribution in [0.5, 0.6) is 0 Å². The number of nitriles is 1. The molecule has 0 heterocycles. The van der Waals surface area contributed by atoms with Crippen molar-refractivity contribution >= 4 is 17.2 Å². The van der Waals surface area contributed by atoms with Crippen LogP contribution >= 0.6 is 0 Å². The molecule has 0 aliphatic heterocycles. The van der Waals surface area contributed by atoms with Crippen LogP contribution in [0.3, 0.4) is 0 Å². The molecule has 82 valence electrons. The highest BCUT2D eigenvalue weighted by Crippen LogP contribution is 2.14. The Hall–Kier alpha value is -2.49. The molecule has 0 bridgehead atoms. The van der Waals surface area contributed by atoms with E-state index in [1.807, 2.05) is 0 Å². The van der Waals surface area contributed by atoms with E-state index < -0.39 is 23.2 Å². The topological polar surface area (TPSA) is 98.0 Å². The Bertz CT molecular complexity index is 489. The van der Waals surface area contributed by atoms with Crippen LogP contribution in [0.25, 0.3) is 0 Å². The average molecular weight is 223 g/mol. The molecule has 0 spiro atoms. The third-order valence-electron chi connectivity index (χ3n) is 1.58. The lowest BCUT2D eigenvalue weighted by atomic mass is 10.3. The largest absolute Gasteiger partial charge is 0.382 e. The Balaban J connectivity index is 2.94. The Kier molecular flexibility index (Phi) is 3.50. The molecular weight excluding hydrogens is 216 g/mol. The first-order chi connectivity index (χ1) is 7.54. The standard InChI is InChI=1S/C9H7F2N5/c10-5-1-2-6(11)7(3-5)15-16-8(4-12)9(13)14/h1-3,15H,(H3,13,14)/b16-8+. The molecule has 0 radical (unpaired) electrons. The fourth-order valence-corrected chi connectivity index (χ4v) is 0.845. The summed E-state index contributed by atoms with van der Waals surface area (Å²) in [6.45, 7) is 0. The summed E-state index contributed by atoms with van der Waals surface area (Å²) in [4.78, 5) is 0. The van der Waals surface area contributed by atoms with Crippen LogP contribution in [0.15, 0.2) is 23.3 Å². The summed E-state index contributed by atoms with van der Waals surface area (Å²) in [5.74, 6) is -1.95. The van der Waals surface area contributed by atoms with Crippen molar-refractivity contribution in [3.8, 4) is 6.07 Å². The summed E-state index contributed by atoms with van der Waals surface area (Å²) in [7, 11) is 0. The fraction of sp³-hybridized carbons (Fsp3) is 0. The maximum Gasteiger partial charge on any atom is 0.201 e. The highest BCUT2D eigenvalue weighted by atomic mass is 19.1. The Morgan fingerprint density at radius 2 is 2.19 bits per heavy atom. The number of nitrogens with zero attached hydrogens (tertiary/aromatic N) is 2. The number of anilines is 1. The monoisotopic (exact) mass is 223 g/mol. The third-order valence-corrected chi connectivity index (χ3v) is 1.58. The van der Waals surface area contributed by atoms with E-state index in [0.29, 0.717) is 0 Å². The number of nitrogens with two attached hydrogens (primary N) is 1. The molecule has 5 nitrogen and oxygen atoms in total. The summed E-state index contributed by atoms with van der Waals surface area (Å²) in [5.41, 5.74) is 6.46. The van der Waals surface area contributed by atoms with Gasteiger partial charge in [0.05, 0.1) is 5.69 Å². The normalized spacial score (nSPS) is 10.7. The van der Waals surface area contributed by atoms with Gasteiger partial charge in [0, 0.05) is 6.07 Å². The second-order valence-electron chi connectivity index (χ2n) is 2.72. The van der Waals surface area contributed by atoms with Gasteiger partial charge in [-0.15, -0.1) is 0 Å². The lowest BCUT2D eigenvalue weighted by molar-refractivity contribution is 0.603. The number of nitrogens with one attached hydrogen (secondary N) is 2. The van der Waals surface area contributed by atoms with E-state index in [9.17, 15) is 8.78 Å². The van der Waals surface area contributed by atoms with E-state index in [4.69, 9.17) is 16.4 Å². The lowest BCUT2D eigenvalue weighted by Gasteiger charge is -2.02. The number of hydrogen-bond acceptors (Lipinski definition) is 4. The van der Waals surface area contributed by atoms with Gasteiger partial charge in [0.15, 0.2) is 5.84 Å². The van der Waals surface area contributed by atoms with E-state index in [1.54, 1.807) is 0 Å². The quantitative estimate of drug-likeness (QED) is 0.407. The van der Waals surface area contributed by atoms with Crippen molar-refractivity contribution in [2.24, 2.45) is 10.8 Å². The van der Waals surface area contributed by atoms with E-state index >= 15 is 0 Å². The minimum absolute atomic E-state index is 0.242. The maximum atomic E-state index is 13.1. The summed E-state index contributed by atoms with van der Waals surface area (Å²) in [6.07, 6.45) is 0. The van der Waals surface area contributed by atoms with E-state index in [0.717, 1.165) is 18.2 Å². The van der Waals surface area contributed by atoms with Crippen LogP contribution in [0, 0.1) is 28.4 Å². The Morgan fingerprint density at radius 3 is 2.75 bits per heavy atom. The number of hydrazone groups is 1. The molecule has 16 heavy (non-hydrogen) atoms. The van der Waals surface area contributed by atoms with Gasteiger partial charge in [-0.05, 0) is 12.1 Å². The van der Waals surface area contributed by atoms with Gasteiger partial charge in [0.25, 0.3) is 0 Å². The third kappa shape index (κ3) is 2.75. The first kappa shape index (κ1) is 11.6. The van der Waals surface area contributed by atoms with Crippen LogP contribution in [0.4, 0.5) is 14.5 Å². The molecule has 0 saturated heterocycles. The smallest absolute Gasteiger partial charge is 0.201 e. The van der Waals surface area contributed by atoms with Gasteiger partial charge >= 0.3 is 0 Å². The van der Waals surface area contributed by atoms with Crippen molar-refractivity contribution in [3.63, 3.8) is 0 Å². The fourth-order valence-electron chi connectivity index (χ4n) is 0.845. The summed E-state index contributed by atoms with van der Waals surface area (Å²) in [6, 6.07) is 4.25. The molecule has 0 aromatic heterocycles. The molecule has 0 unspecified atom stereocenters. The van der Waals surface area contributed by atoms with Crippen LogP contribution in [-0.4, -0.2) is 11.5 Å². The van der Waals surface area contributed by atoms with Gasteiger partial charge in [-0.25, -0.2) is 8.78 Å². The minimum Gasteiger partial charge on any atom is -0.382 e. The Morgan fingerprint density at radius 1 is 1.50 bits per heavy atom.